The lowest BCUT2D eigenvalue weighted by molar-refractivity contribution is 0.586. The number of anilines is 2. The van der Waals surface area contributed by atoms with Gasteiger partial charge in [0.15, 0.2) is 5.82 Å². The summed E-state index contributed by atoms with van der Waals surface area (Å²) in [6, 6.07) is 14.5. The lowest BCUT2D eigenvalue weighted by Crippen LogP contribution is -2.44. The van der Waals surface area contributed by atoms with Gasteiger partial charge in [-0.1, -0.05) is 30.3 Å². The molecule has 1 saturated carbocycles. The van der Waals surface area contributed by atoms with Gasteiger partial charge < -0.3 is 15.5 Å². The van der Waals surface area contributed by atoms with E-state index in [1.807, 2.05) is 36.8 Å². The Morgan fingerprint density at radius 3 is 2.68 bits per heavy atom. The van der Waals surface area contributed by atoms with Crippen molar-refractivity contribution in [2.75, 3.05) is 42.9 Å². The van der Waals surface area contributed by atoms with Crippen LogP contribution in [0.4, 0.5) is 11.6 Å². The van der Waals surface area contributed by atoms with Gasteiger partial charge in [-0.3, -0.25) is 4.98 Å². The van der Waals surface area contributed by atoms with Gasteiger partial charge in [0.05, 0.1) is 11.7 Å². The van der Waals surface area contributed by atoms with Crippen LogP contribution in [0.5, 0.6) is 0 Å². The molecule has 7 heteroatoms. The standard InChI is InChI=1S/C27H29N7/c1-2-4-19(5-3-1)8-10-30-24-16-21(9-11-31-24)26-32-23-18-29-17-22(20-6-7-20)25(23)27(33-26)34-14-12-28-13-15-34/h1-5,9,11,16-18,20,28H,6-8,10,12-15H2,(H,30,31). The second kappa shape index (κ2) is 9.35. The molecule has 0 unspecified atom stereocenters. The van der Waals surface area contributed by atoms with Gasteiger partial charge in [0.25, 0.3) is 0 Å². The van der Waals surface area contributed by atoms with E-state index in [2.05, 4.69) is 49.8 Å². The van der Waals surface area contributed by atoms with Crippen LogP contribution in [0.15, 0.2) is 61.1 Å². The summed E-state index contributed by atoms with van der Waals surface area (Å²) in [6.07, 6.45) is 9.14. The van der Waals surface area contributed by atoms with Crippen molar-refractivity contribution in [3.8, 4) is 11.4 Å². The molecule has 0 radical (unpaired) electrons. The van der Waals surface area contributed by atoms with Gasteiger partial charge in [-0.25, -0.2) is 15.0 Å². The van der Waals surface area contributed by atoms with Crippen molar-refractivity contribution < 1.29 is 0 Å². The first kappa shape index (κ1) is 21.0. The molecule has 4 heterocycles. The molecule has 0 atom stereocenters. The molecule has 1 aliphatic carbocycles. The highest BCUT2D eigenvalue weighted by atomic mass is 15.2. The fraction of sp³-hybridized carbons (Fsp3) is 0.333. The smallest absolute Gasteiger partial charge is 0.162 e. The van der Waals surface area contributed by atoms with Crippen molar-refractivity contribution in [3.63, 3.8) is 0 Å². The summed E-state index contributed by atoms with van der Waals surface area (Å²) >= 11 is 0. The Kier molecular flexibility index (Phi) is 5.77. The van der Waals surface area contributed by atoms with Crippen LogP contribution >= 0.6 is 0 Å². The summed E-state index contributed by atoms with van der Waals surface area (Å²) < 4.78 is 0. The third-order valence-electron chi connectivity index (χ3n) is 6.63. The van der Waals surface area contributed by atoms with Gasteiger partial charge in [0.2, 0.25) is 0 Å². The zero-order valence-electron chi connectivity index (χ0n) is 19.2. The number of hydrogen-bond acceptors (Lipinski definition) is 7. The van der Waals surface area contributed by atoms with E-state index in [9.17, 15) is 0 Å². The lowest BCUT2D eigenvalue weighted by atomic mass is 10.1. The molecule has 2 aliphatic rings. The highest BCUT2D eigenvalue weighted by Gasteiger charge is 2.29. The molecule has 6 rings (SSSR count). The topological polar surface area (TPSA) is 78.9 Å². The van der Waals surface area contributed by atoms with Crippen molar-refractivity contribution in [2.24, 2.45) is 0 Å². The summed E-state index contributed by atoms with van der Waals surface area (Å²) in [6.45, 7) is 4.64. The van der Waals surface area contributed by atoms with E-state index in [0.717, 1.165) is 67.7 Å². The third-order valence-corrected chi connectivity index (χ3v) is 6.63. The summed E-state index contributed by atoms with van der Waals surface area (Å²) in [5.74, 6) is 3.20. The highest BCUT2D eigenvalue weighted by molar-refractivity contribution is 5.94. The predicted molar refractivity (Wildman–Crippen MR) is 136 cm³/mol. The minimum Gasteiger partial charge on any atom is -0.370 e. The van der Waals surface area contributed by atoms with Gasteiger partial charge >= 0.3 is 0 Å². The maximum absolute atomic E-state index is 5.14. The van der Waals surface area contributed by atoms with E-state index in [1.54, 1.807) is 0 Å². The Hall–Kier alpha value is -3.58. The fourth-order valence-corrected chi connectivity index (χ4v) is 4.67. The maximum atomic E-state index is 5.14. The molecule has 1 saturated heterocycles. The molecule has 1 aliphatic heterocycles. The Bertz CT molecular complexity index is 1280. The first-order valence-corrected chi connectivity index (χ1v) is 12.2. The van der Waals surface area contributed by atoms with E-state index in [-0.39, 0.29) is 0 Å². The molecule has 34 heavy (non-hydrogen) atoms. The summed E-state index contributed by atoms with van der Waals surface area (Å²) in [5.41, 5.74) is 4.50. The van der Waals surface area contributed by atoms with Gasteiger partial charge in [0, 0.05) is 56.1 Å². The monoisotopic (exact) mass is 451 g/mol. The van der Waals surface area contributed by atoms with Crippen LogP contribution in [0.25, 0.3) is 22.3 Å². The van der Waals surface area contributed by atoms with Crippen LogP contribution < -0.4 is 15.5 Å². The largest absolute Gasteiger partial charge is 0.370 e. The van der Waals surface area contributed by atoms with Crippen molar-refractivity contribution in [3.05, 3.63) is 72.2 Å². The van der Waals surface area contributed by atoms with Crippen LogP contribution in [0.1, 0.15) is 29.9 Å². The van der Waals surface area contributed by atoms with E-state index >= 15 is 0 Å². The van der Waals surface area contributed by atoms with E-state index in [4.69, 9.17) is 9.97 Å². The molecule has 2 N–H and O–H groups in total. The second-order valence-corrected chi connectivity index (χ2v) is 9.10. The SMILES string of the molecule is c1ccc(CCNc2cc(-c3nc(N4CCNCC4)c4c(C5CC5)cncc4n3)ccn2)cc1. The molecule has 0 amide bonds. The molecule has 7 nitrogen and oxygen atoms in total. The first-order chi connectivity index (χ1) is 16.8. The molecule has 1 aromatic carbocycles. The van der Waals surface area contributed by atoms with Crippen molar-refractivity contribution in [2.45, 2.75) is 25.2 Å². The van der Waals surface area contributed by atoms with Crippen LogP contribution in [-0.4, -0.2) is 52.7 Å². The molecular weight excluding hydrogens is 422 g/mol. The predicted octanol–water partition coefficient (Wildman–Crippen LogP) is 4.03. The average Bonchev–Trinajstić information content (AvgIpc) is 3.75. The van der Waals surface area contributed by atoms with Crippen molar-refractivity contribution in [1.82, 2.24) is 25.3 Å². The number of rotatable bonds is 7. The normalized spacial score (nSPS) is 16.1. The number of nitrogens with one attached hydrogen (secondary N) is 2. The fourth-order valence-electron chi connectivity index (χ4n) is 4.67. The van der Waals surface area contributed by atoms with E-state index in [0.29, 0.717) is 5.92 Å². The summed E-state index contributed by atoms with van der Waals surface area (Å²) in [4.78, 5) is 21.6. The minimum absolute atomic E-state index is 0.591. The van der Waals surface area contributed by atoms with Crippen LogP contribution in [0.3, 0.4) is 0 Å². The van der Waals surface area contributed by atoms with Gasteiger partial charge in [-0.15, -0.1) is 0 Å². The third kappa shape index (κ3) is 4.43. The Labute approximate surface area is 199 Å². The number of nitrogens with zero attached hydrogens (tertiary/aromatic N) is 5. The molecule has 0 bridgehead atoms. The highest BCUT2D eigenvalue weighted by Crippen LogP contribution is 2.44. The minimum atomic E-state index is 0.591. The number of hydrogen-bond donors (Lipinski definition) is 2. The number of piperazine rings is 1. The van der Waals surface area contributed by atoms with Crippen LogP contribution in [-0.2, 0) is 6.42 Å². The van der Waals surface area contributed by atoms with Gasteiger partial charge in [-0.2, -0.15) is 0 Å². The zero-order chi connectivity index (χ0) is 22.7. The quantitative estimate of drug-likeness (QED) is 0.439. The molecular formula is C27H29N7. The number of aromatic nitrogens is 4. The van der Waals surface area contributed by atoms with Gasteiger partial charge in [0.1, 0.15) is 11.6 Å². The number of pyridine rings is 2. The first-order valence-electron chi connectivity index (χ1n) is 12.2. The molecule has 172 valence electrons. The van der Waals surface area contributed by atoms with Crippen molar-refractivity contribution >= 4 is 22.5 Å². The maximum Gasteiger partial charge on any atom is 0.162 e. The Morgan fingerprint density at radius 2 is 1.85 bits per heavy atom. The number of benzene rings is 1. The van der Waals surface area contributed by atoms with Gasteiger partial charge in [-0.05, 0) is 48.4 Å². The lowest BCUT2D eigenvalue weighted by Gasteiger charge is -2.30. The van der Waals surface area contributed by atoms with Crippen molar-refractivity contribution in [1.29, 1.82) is 0 Å². The second-order valence-electron chi connectivity index (χ2n) is 9.10. The van der Waals surface area contributed by atoms with E-state index < -0.39 is 0 Å². The van der Waals surface area contributed by atoms with E-state index in [1.165, 1.54) is 29.4 Å². The van der Waals surface area contributed by atoms with Crippen LogP contribution in [0.2, 0.25) is 0 Å². The average molecular weight is 452 g/mol. The summed E-state index contributed by atoms with van der Waals surface area (Å²) in [5, 5.41) is 8.09. The molecule has 0 spiro atoms. The Balaban J connectivity index is 1.33. The molecule has 2 fully saturated rings. The molecule has 4 aromatic rings. The Morgan fingerprint density at radius 1 is 1.00 bits per heavy atom. The number of fused-ring (bicyclic) bond motifs is 1. The van der Waals surface area contributed by atoms with Crippen LogP contribution in [0, 0.1) is 0 Å². The zero-order valence-corrected chi connectivity index (χ0v) is 19.2. The molecule has 3 aromatic heterocycles. The summed E-state index contributed by atoms with van der Waals surface area (Å²) in [7, 11) is 0.